The molecule has 0 aliphatic rings. The van der Waals surface area contributed by atoms with Crippen LogP contribution in [0.5, 0.6) is 0 Å². The second-order valence-electron chi connectivity index (χ2n) is 4.22. The molecule has 10 heteroatoms. The van der Waals surface area contributed by atoms with Crippen molar-refractivity contribution in [3.8, 4) is 0 Å². The fraction of sp³-hybridized carbons (Fsp3) is 0.714. The fourth-order valence-corrected chi connectivity index (χ4v) is 1.50. The van der Waals surface area contributed by atoms with Crippen LogP contribution < -0.4 is 0 Å². The Labute approximate surface area is 152 Å². The van der Waals surface area contributed by atoms with Gasteiger partial charge < -0.3 is 43.9 Å². The van der Waals surface area contributed by atoms with Crippen LogP contribution in [0.1, 0.15) is 0 Å². The molecule has 0 aromatic rings. The third kappa shape index (κ3) is 17.4. The number of hydrogen-bond donors (Lipinski definition) is 0. The van der Waals surface area contributed by atoms with Gasteiger partial charge in [-0.25, -0.2) is 0 Å². The molecule has 0 saturated heterocycles. The summed E-state index contributed by atoms with van der Waals surface area (Å²) < 4.78 is 10.6. The Kier molecular flexibility index (Phi) is 25.5. The molecule has 0 unspecified atom stereocenters. The van der Waals surface area contributed by atoms with Crippen molar-refractivity contribution in [1.29, 1.82) is 0 Å². The van der Waals surface area contributed by atoms with Crippen LogP contribution in [0.15, 0.2) is 0 Å². The van der Waals surface area contributed by atoms with Crippen LogP contribution in [0.25, 0.3) is 0 Å². The van der Waals surface area contributed by atoms with E-state index in [1.165, 1.54) is 0 Å². The van der Waals surface area contributed by atoms with Crippen LogP contribution in [0.3, 0.4) is 0 Å². The van der Waals surface area contributed by atoms with E-state index in [9.17, 15) is 19.2 Å². The first kappa shape index (κ1) is 27.8. The topological polar surface area (TPSA) is 125 Å². The van der Waals surface area contributed by atoms with Gasteiger partial charge in [-0.05, 0) is 0 Å². The molecule has 0 aromatic carbocycles. The molecule has 0 aliphatic carbocycles. The van der Waals surface area contributed by atoms with Crippen LogP contribution in [0.4, 0.5) is 0 Å². The van der Waals surface area contributed by atoms with Crippen molar-refractivity contribution in [2.24, 2.45) is 0 Å². The zero-order valence-corrected chi connectivity index (χ0v) is 14.5. The van der Waals surface area contributed by atoms with E-state index in [2.05, 4.69) is 0 Å². The van der Waals surface area contributed by atoms with E-state index in [-0.39, 0.29) is 48.7 Å². The van der Waals surface area contributed by atoms with Crippen molar-refractivity contribution in [3.05, 3.63) is 0 Å². The standard InChI is InChI=1S/C14H20N2O6.Mn.H2O/c17-7-1-15(2-8-18)5-11-21-13-14-22-12-6-16(3-9-19)4-10-20;;/h1-6,11-14H2;;1H2/q-4;;. The molecule has 0 spiro atoms. The minimum Gasteiger partial charge on any atom is -0.541 e. The third-order valence-corrected chi connectivity index (χ3v) is 2.63. The first-order valence-corrected chi connectivity index (χ1v) is 6.78. The summed E-state index contributed by atoms with van der Waals surface area (Å²) in [6.07, 6.45) is 6.84. The molecule has 141 valence electrons. The zero-order chi connectivity index (χ0) is 16.5. The Hall–Kier alpha value is -1.00. The van der Waals surface area contributed by atoms with Crippen molar-refractivity contribution in [1.82, 2.24) is 9.80 Å². The molecule has 0 aliphatic heterocycles. The van der Waals surface area contributed by atoms with E-state index in [0.717, 1.165) is 0 Å². The maximum Gasteiger partial charge on any atom is 0.0701 e. The van der Waals surface area contributed by atoms with Gasteiger partial charge in [0.2, 0.25) is 0 Å². The van der Waals surface area contributed by atoms with Crippen LogP contribution in [-0.2, 0) is 45.7 Å². The van der Waals surface area contributed by atoms with Gasteiger partial charge >= 0.3 is 0 Å². The third-order valence-electron chi connectivity index (χ3n) is 2.63. The summed E-state index contributed by atoms with van der Waals surface area (Å²) in [5.41, 5.74) is 0. The summed E-state index contributed by atoms with van der Waals surface area (Å²) in [4.78, 5) is 44.1. The molecule has 0 aromatic heterocycles. The van der Waals surface area contributed by atoms with Crippen molar-refractivity contribution in [3.63, 3.8) is 0 Å². The van der Waals surface area contributed by atoms with Gasteiger partial charge in [0.05, 0.1) is 26.4 Å². The first-order valence-electron chi connectivity index (χ1n) is 6.78. The Morgan fingerprint density at radius 1 is 0.583 bits per heavy atom. The molecule has 0 amide bonds. The van der Waals surface area contributed by atoms with Crippen molar-refractivity contribution < 1.29 is 51.2 Å². The number of rotatable bonds is 17. The minimum absolute atomic E-state index is 0. The predicted octanol–water partition coefficient (Wildman–Crippen LogP) is -2.76. The van der Waals surface area contributed by atoms with Gasteiger partial charge in [0, 0.05) is 30.2 Å². The monoisotopic (exact) mass is 385 g/mol. The fourth-order valence-electron chi connectivity index (χ4n) is 1.50. The van der Waals surface area contributed by atoms with Gasteiger partial charge in [-0.2, -0.15) is 0 Å². The van der Waals surface area contributed by atoms with Gasteiger partial charge in [0.1, 0.15) is 0 Å². The molecule has 1 radical (unpaired) electrons. The molecule has 0 rings (SSSR count). The Bertz CT molecular complexity index is 271. The van der Waals surface area contributed by atoms with E-state index in [4.69, 9.17) is 9.47 Å². The van der Waals surface area contributed by atoms with Crippen LogP contribution >= 0.6 is 0 Å². The van der Waals surface area contributed by atoms with E-state index < -0.39 is 0 Å². The zero-order valence-electron chi connectivity index (χ0n) is 13.3. The van der Waals surface area contributed by atoms with E-state index in [0.29, 0.717) is 39.5 Å². The number of hydrogen-bond acceptors (Lipinski definition) is 8. The van der Waals surface area contributed by atoms with Gasteiger partial charge in [-0.3, -0.25) is 25.1 Å². The quantitative estimate of drug-likeness (QED) is 0.150. The molecule has 24 heavy (non-hydrogen) atoms. The van der Waals surface area contributed by atoms with E-state index in [1.807, 2.05) is 0 Å². The second kappa shape index (κ2) is 22.0. The Morgan fingerprint density at radius 2 is 0.875 bits per heavy atom. The van der Waals surface area contributed by atoms with Crippen molar-refractivity contribution in [2.45, 2.75) is 0 Å². The average molecular weight is 385 g/mol. The van der Waals surface area contributed by atoms with Gasteiger partial charge in [0.15, 0.2) is 0 Å². The summed E-state index contributed by atoms with van der Waals surface area (Å²) in [5, 5.41) is 0. The summed E-state index contributed by atoms with van der Waals surface area (Å²) in [7, 11) is 0. The van der Waals surface area contributed by atoms with E-state index >= 15 is 0 Å². The van der Waals surface area contributed by atoms with Gasteiger partial charge in [0.25, 0.3) is 0 Å². The average Bonchev–Trinajstić information content (AvgIpc) is 2.50. The molecular formula is C14H22MnN2O7-4. The van der Waals surface area contributed by atoms with Crippen molar-refractivity contribution in [2.75, 3.05) is 65.7 Å². The van der Waals surface area contributed by atoms with Crippen LogP contribution in [-0.4, -0.2) is 106 Å². The molecular weight excluding hydrogens is 363 g/mol. The first-order chi connectivity index (χ1) is 10.8. The number of carbonyl (C=O) groups excluding carboxylic acids is 4. The molecule has 0 saturated carbocycles. The SMILES string of the molecule is O.O=[C-]CN(C[C-]=O)CCOCCOCCN(C[C-]=O)C[C-]=O.[Mn]. The Balaban J connectivity index is -0.00000220. The van der Waals surface area contributed by atoms with Crippen molar-refractivity contribution >= 4 is 25.1 Å². The molecule has 0 bridgehead atoms. The minimum atomic E-state index is 0. The summed E-state index contributed by atoms with van der Waals surface area (Å²) in [6, 6.07) is 0. The maximum absolute atomic E-state index is 10.2. The van der Waals surface area contributed by atoms with Gasteiger partial charge in [-0.15, -0.1) is 26.2 Å². The second-order valence-corrected chi connectivity index (χ2v) is 4.22. The predicted molar refractivity (Wildman–Crippen MR) is 80.9 cm³/mol. The summed E-state index contributed by atoms with van der Waals surface area (Å²) in [5.74, 6) is 0. The summed E-state index contributed by atoms with van der Waals surface area (Å²) in [6.45, 7) is 2.51. The van der Waals surface area contributed by atoms with E-state index in [1.54, 1.807) is 34.9 Å². The maximum atomic E-state index is 10.2. The molecule has 0 atom stereocenters. The normalized spacial score (nSPS) is 9.92. The number of ether oxygens (including phenoxy) is 2. The molecule has 0 heterocycles. The number of nitrogens with zero attached hydrogens (tertiary/aromatic N) is 2. The smallest absolute Gasteiger partial charge is 0.0701 e. The largest absolute Gasteiger partial charge is 0.541 e. The van der Waals surface area contributed by atoms with Gasteiger partial charge in [-0.1, -0.05) is 0 Å². The molecule has 0 fully saturated rings. The molecule has 2 N–H and O–H groups in total. The Morgan fingerprint density at radius 3 is 1.12 bits per heavy atom. The van der Waals surface area contributed by atoms with Crippen LogP contribution in [0.2, 0.25) is 0 Å². The molecule has 9 nitrogen and oxygen atoms in total. The van der Waals surface area contributed by atoms with Crippen LogP contribution in [0, 0.1) is 0 Å². The summed E-state index contributed by atoms with van der Waals surface area (Å²) >= 11 is 0.